The van der Waals surface area contributed by atoms with Gasteiger partial charge in [-0.05, 0) is 34.1 Å². The number of halogens is 3. The molecular formula is C14H8BrF2N3O3. The van der Waals surface area contributed by atoms with Gasteiger partial charge in [0.25, 0.3) is 0 Å². The molecule has 0 unspecified atom stereocenters. The molecule has 3 aromatic rings. The molecule has 0 aliphatic carbocycles. The molecule has 118 valence electrons. The molecule has 0 aliphatic heterocycles. The van der Waals surface area contributed by atoms with E-state index in [1.807, 2.05) is 0 Å². The summed E-state index contributed by atoms with van der Waals surface area (Å²) in [7, 11) is 0. The molecule has 23 heavy (non-hydrogen) atoms. The van der Waals surface area contributed by atoms with Gasteiger partial charge in [-0.1, -0.05) is 12.1 Å². The number of aromatic carboxylic acids is 1. The van der Waals surface area contributed by atoms with Gasteiger partial charge in [-0.2, -0.15) is 13.9 Å². The van der Waals surface area contributed by atoms with Crippen molar-refractivity contribution in [3.63, 3.8) is 0 Å². The van der Waals surface area contributed by atoms with Gasteiger partial charge < -0.3 is 9.84 Å². The summed E-state index contributed by atoms with van der Waals surface area (Å²) < 4.78 is 30.7. The number of alkyl halides is 2. The molecule has 0 aliphatic rings. The Bertz CT molecular complexity index is 898. The molecule has 2 aromatic heterocycles. The Kier molecular flexibility index (Phi) is 3.95. The van der Waals surface area contributed by atoms with Crippen molar-refractivity contribution in [2.45, 2.75) is 6.61 Å². The van der Waals surface area contributed by atoms with E-state index < -0.39 is 12.6 Å². The fraction of sp³-hybridized carbons (Fsp3) is 0.0714. The number of ether oxygens (including phenoxy) is 1. The summed E-state index contributed by atoms with van der Waals surface area (Å²) in [6.07, 6.45) is 1.43. The summed E-state index contributed by atoms with van der Waals surface area (Å²) in [4.78, 5) is 15.7. The summed E-state index contributed by atoms with van der Waals surface area (Å²) in [6.45, 7) is -2.95. The van der Waals surface area contributed by atoms with Crippen molar-refractivity contribution in [2.75, 3.05) is 0 Å². The average Bonchev–Trinajstić information content (AvgIpc) is 2.87. The number of rotatable bonds is 4. The Balaban J connectivity index is 2.16. The zero-order valence-corrected chi connectivity index (χ0v) is 12.9. The molecule has 3 rings (SSSR count). The predicted molar refractivity (Wildman–Crippen MR) is 79.7 cm³/mol. The Labute approximate surface area is 136 Å². The molecule has 0 spiro atoms. The molecule has 1 aromatic carbocycles. The maximum atomic E-state index is 12.3. The molecule has 0 atom stereocenters. The van der Waals surface area contributed by atoms with Gasteiger partial charge in [0.2, 0.25) is 0 Å². The van der Waals surface area contributed by atoms with E-state index in [1.54, 1.807) is 6.07 Å². The predicted octanol–water partition coefficient (Wildman–Crippen LogP) is 3.46. The van der Waals surface area contributed by atoms with Gasteiger partial charge in [0.15, 0.2) is 11.3 Å². The van der Waals surface area contributed by atoms with Crippen molar-refractivity contribution in [1.82, 2.24) is 14.6 Å². The van der Waals surface area contributed by atoms with E-state index in [0.29, 0.717) is 21.4 Å². The molecule has 9 heteroatoms. The molecule has 0 saturated carbocycles. The zero-order valence-electron chi connectivity index (χ0n) is 11.3. The highest BCUT2D eigenvalue weighted by molar-refractivity contribution is 9.10. The lowest BCUT2D eigenvalue weighted by Gasteiger charge is -2.08. The van der Waals surface area contributed by atoms with E-state index in [4.69, 9.17) is 0 Å². The van der Waals surface area contributed by atoms with Gasteiger partial charge in [0, 0.05) is 5.56 Å². The molecule has 0 radical (unpaired) electrons. The van der Waals surface area contributed by atoms with Crippen molar-refractivity contribution in [3.05, 3.63) is 46.7 Å². The van der Waals surface area contributed by atoms with Crippen LogP contribution in [0.25, 0.3) is 16.9 Å². The number of carboxylic acids is 1. The minimum atomic E-state index is -2.95. The van der Waals surface area contributed by atoms with Crippen LogP contribution < -0.4 is 4.74 Å². The van der Waals surface area contributed by atoms with Crippen LogP contribution in [0.2, 0.25) is 0 Å². The quantitative estimate of drug-likeness (QED) is 0.746. The molecule has 0 saturated heterocycles. The first-order valence-corrected chi connectivity index (χ1v) is 7.08. The van der Waals surface area contributed by atoms with Crippen molar-refractivity contribution in [2.24, 2.45) is 0 Å². The van der Waals surface area contributed by atoms with Crippen LogP contribution in [0.3, 0.4) is 0 Å². The number of carboxylic acid groups (broad SMARTS) is 1. The normalized spacial score (nSPS) is 11.1. The molecule has 0 amide bonds. The van der Waals surface area contributed by atoms with Crippen molar-refractivity contribution < 1.29 is 23.4 Å². The standard InChI is InChI=1S/C14H8BrF2N3O3/c15-9-6-18-20-11(13(21)22)5-10(19-12(9)20)7-2-1-3-8(4-7)23-14(16)17/h1-6,14H,(H,21,22). The number of hydrogen-bond donors (Lipinski definition) is 1. The highest BCUT2D eigenvalue weighted by Gasteiger charge is 2.16. The first-order valence-electron chi connectivity index (χ1n) is 6.28. The number of aromatic nitrogens is 3. The SMILES string of the molecule is O=C(O)c1cc(-c2cccc(OC(F)F)c2)nc2c(Br)cnn12. The number of carbonyl (C=O) groups is 1. The summed E-state index contributed by atoms with van der Waals surface area (Å²) in [5.41, 5.74) is 0.952. The Hall–Kier alpha value is -2.55. The summed E-state index contributed by atoms with van der Waals surface area (Å²) in [5.74, 6) is -1.22. The lowest BCUT2D eigenvalue weighted by molar-refractivity contribution is -0.0498. The monoisotopic (exact) mass is 383 g/mol. The third-order valence-corrected chi connectivity index (χ3v) is 3.56. The Morgan fingerprint density at radius 1 is 1.35 bits per heavy atom. The molecular weight excluding hydrogens is 376 g/mol. The van der Waals surface area contributed by atoms with E-state index in [0.717, 1.165) is 0 Å². The van der Waals surface area contributed by atoms with Crippen LogP contribution in [-0.2, 0) is 0 Å². The van der Waals surface area contributed by atoms with Crippen LogP contribution in [0, 0.1) is 0 Å². The second kappa shape index (κ2) is 5.92. The van der Waals surface area contributed by atoms with Gasteiger partial charge in [-0.15, -0.1) is 0 Å². The molecule has 1 N–H and O–H groups in total. The topological polar surface area (TPSA) is 76.7 Å². The smallest absolute Gasteiger partial charge is 0.387 e. The highest BCUT2D eigenvalue weighted by atomic mass is 79.9. The van der Waals surface area contributed by atoms with Crippen LogP contribution in [0.1, 0.15) is 10.5 Å². The van der Waals surface area contributed by atoms with E-state index in [1.165, 1.54) is 35.0 Å². The molecule has 0 fully saturated rings. The number of fused-ring (bicyclic) bond motifs is 1. The second-order valence-corrected chi connectivity index (χ2v) is 5.32. The number of benzene rings is 1. The van der Waals surface area contributed by atoms with Crippen LogP contribution in [0.5, 0.6) is 5.75 Å². The Morgan fingerprint density at radius 3 is 2.83 bits per heavy atom. The second-order valence-electron chi connectivity index (χ2n) is 4.47. The van der Waals surface area contributed by atoms with Crippen molar-refractivity contribution in [3.8, 4) is 17.0 Å². The maximum absolute atomic E-state index is 12.3. The van der Waals surface area contributed by atoms with Crippen LogP contribution in [-0.4, -0.2) is 32.3 Å². The minimum absolute atomic E-state index is 0.0383. The molecule has 6 nitrogen and oxygen atoms in total. The molecule has 0 bridgehead atoms. The van der Waals surface area contributed by atoms with Crippen molar-refractivity contribution in [1.29, 1.82) is 0 Å². The number of nitrogens with zero attached hydrogens (tertiary/aromatic N) is 3. The van der Waals surface area contributed by atoms with E-state index in [-0.39, 0.29) is 11.4 Å². The summed E-state index contributed by atoms with van der Waals surface area (Å²) in [6, 6.07) is 7.19. The van der Waals surface area contributed by atoms with E-state index >= 15 is 0 Å². The summed E-state index contributed by atoms with van der Waals surface area (Å²) >= 11 is 3.24. The minimum Gasteiger partial charge on any atom is -0.477 e. The van der Waals surface area contributed by atoms with Crippen LogP contribution in [0.15, 0.2) is 41.0 Å². The first kappa shape index (κ1) is 15.3. The number of hydrogen-bond acceptors (Lipinski definition) is 4. The van der Waals surface area contributed by atoms with Crippen LogP contribution >= 0.6 is 15.9 Å². The van der Waals surface area contributed by atoms with E-state index in [9.17, 15) is 18.7 Å². The highest BCUT2D eigenvalue weighted by Crippen LogP contribution is 2.26. The molecule has 2 heterocycles. The fourth-order valence-corrected chi connectivity index (χ4v) is 2.42. The fourth-order valence-electron chi connectivity index (χ4n) is 2.07. The van der Waals surface area contributed by atoms with Gasteiger partial charge in [-0.3, -0.25) is 0 Å². The van der Waals surface area contributed by atoms with Gasteiger partial charge in [0.05, 0.1) is 16.4 Å². The largest absolute Gasteiger partial charge is 0.477 e. The van der Waals surface area contributed by atoms with Gasteiger partial charge in [0.1, 0.15) is 5.75 Å². The maximum Gasteiger partial charge on any atom is 0.387 e. The van der Waals surface area contributed by atoms with Gasteiger partial charge in [-0.25, -0.2) is 14.3 Å². The van der Waals surface area contributed by atoms with Gasteiger partial charge >= 0.3 is 12.6 Å². The van der Waals surface area contributed by atoms with Crippen molar-refractivity contribution >= 4 is 27.5 Å². The summed E-state index contributed by atoms with van der Waals surface area (Å²) in [5, 5.41) is 13.2. The lowest BCUT2D eigenvalue weighted by atomic mass is 10.1. The third kappa shape index (κ3) is 3.00. The Morgan fingerprint density at radius 2 is 2.13 bits per heavy atom. The third-order valence-electron chi connectivity index (χ3n) is 3.00. The first-order chi connectivity index (χ1) is 11.0. The lowest BCUT2D eigenvalue weighted by Crippen LogP contribution is -2.08. The average molecular weight is 384 g/mol. The zero-order chi connectivity index (χ0) is 16.6. The van der Waals surface area contributed by atoms with Crippen LogP contribution in [0.4, 0.5) is 8.78 Å². The van der Waals surface area contributed by atoms with E-state index in [2.05, 4.69) is 30.7 Å².